The summed E-state index contributed by atoms with van der Waals surface area (Å²) in [5.41, 5.74) is 1.34. The minimum Gasteiger partial charge on any atom is -0.341 e. The maximum absolute atomic E-state index is 12.6. The molecule has 1 saturated heterocycles. The van der Waals surface area contributed by atoms with Gasteiger partial charge in [-0.1, -0.05) is 44.2 Å². The highest BCUT2D eigenvalue weighted by Gasteiger charge is 2.25. The van der Waals surface area contributed by atoms with Gasteiger partial charge in [0, 0.05) is 25.0 Å². The molecule has 0 radical (unpaired) electrons. The molecule has 0 bridgehead atoms. The van der Waals surface area contributed by atoms with E-state index in [1.807, 2.05) is 6.07 Å². The highest BCUT2D eigenvalue weighted by atomic mass is 16.2. The number of carbonyl (C=O) groups excluding carboxylic acids is 1. The number of hydrogen-bond donors (Lipinski definition) is 1. The largest absolute Gasteiger partial charge is 0.341 e. The molecular weight excluding hydrogens is 260 g/mol. The standard InChI is InChI=1S/C18H28N2O/c1-3-16(4-2)18(21)20-12-8-11-19-17(14-20)13-15-9-6-5-7-10-15/h5-7,9-10,16-17,19H,3-4,8,11-14H2,1-2H3. The highest BCUT2D eigenvalue weighted by Crippen LogP contribution is 2.15. The quantitative estimate of drug-likeness (QED) is 0.903. The van der Waals surface area contributed by atoms with Crippen LogP contribution < -0.4 is 5.32 Å². The van der Waals surface area contributed by atoms with Crippen LogP contribution in [0, 0.1) is 5.92 Å². The summed E-state index contributed by atoms with van der Waals surface area (Å²) in [7, 11) is 0. The van der Waals surface area contributed by atoms with Gasteiger partial charge >= 0.3 is 0 Å². The summed E-state index contributed by atoms with van der Waals surface area (Å²) in [6.07, 6.45) is 3.94. The lowest BCUT2D eigenvalue weighted by Crippen LogP contribution is -2.43. The van der Waals surface area contributed by atoms with Crippen LogP contribution in [0.15, 0.2) is 30.3 Å². The lowest BCUT2D eigenvalue weighted by Gasteiger charge is -2.28. The van der Waals surface area contributed by atoms with Gasteiger partial charge in [-0.15, -0.1) is 0 Å². The first-order chi connectivity index (χ1) is 10.2. The number of hydrogen-bond acceptors (Lipinski definition) is 2. The van der Waals surface area contributed by atoms with Crippen molar-refractivity contribution in [2.45, 2.75) is 45.6 Å². The van der Waals surface area contributed by atoms with E-state index >= 15 is 0 Å². The Kier molecular flexibility index (Phi) is 6.24. The molecule has 1 unspecified atom stereocenters. The molecule has 1 amide bonds. The van der Waals surface area contributed by atoms with E-state index in [1.54, 1.807) is 0 Å². The Morgan fingerprint density at radius 3 is 2.67 bits per heavy atom. The maximum atomic E-state index is 12.6. The van der Waals surface area contributed by atoms with Gasteiger partial charge in [-0.05, 0) is 37.8 Å². The van der Waals surface area contributed by atoms with Crippen molar-refractivity contribution in [1.29, 1.82) is 0 Å². The zero-order valence-electron chi connectivity index (χ0n) is 13.3. The van der Waals surface area contributed by atoms with Crippen LogP contribution in [0.2, 0.25) is 0 Å². The second kappa shape index (κ2) is 8.18. The first-order valence-electron chi connectivity index (χ1n) is 8.30. The normalized spacial score (nSPS) is 19.6. The fourth-order valence-electron chi connectivity index (χ4n) is 3.13. The van der Waals surface area contributed by atoms with Crippen molar-refractivity contribution in [3.63, 3.8) is 0 Å². The van der Waals surface area contributed by atoms with Gasteiger partial charge in [0.25, 0.3) is 0 Å². The summed E-state index contributed by atoms with van der Waals surface area (Å²) in [6.45, 7) is 6.97. The predicted molar refractivity (Wildman–Crippen MR) is 87.2 cm³/mol. The van der Waals surface area contributed by atoms with Gasteiger partial charge < -0.3 is 10.2 Å². The second-order valence-electron chi connectivity index (χ2n) is 5.99. The van der Waals surface area contributed by atoms with Crippen LogP contribution in [-0.2, 0) is 11.2 Å². The van der Waals surface area contributed by atoms with Crippen molar-refractivity contribution < 1.29 is 4.79 Å². The molecular formula is C18H28N2O. The fourth-order valence-corrected chi connectivity index (χ4v) is 3.13. The number of benzene rings is 1. The van der Waals surface area contributed by atoms with E-state index < -0.39 is 0 Å². The van der Waals surface area contributed by atoms with Gasteiger partial charge in [0.1, 0.15) is 0 Å². The summed E-state index contributed by atoms with van der Waals surface area (Å²) in [6, 6.07) is 10.9. The van der Waals surface area contributed by atoms with Crippen LogP contribution >= 0.6 is 0 Å². The van der Waals surface area contributed by atoms with Crippen molar-refractivity contribution in [2.24, 2.45) is 5.92 Å². The van der Waals surface area contributed by atoms with Crippen molar-refractivity contribution in [3.05, 3.63) is 35.9 Å². The zero-order valence-corrected chi connectivity index (χ0v) is 13.3. The van der Waals surface area contributed by atoms with Gasteiger partial charge in [-0.25, -0.2) is 0 Å². The number of carbonyl (C=O) groups is 1. The first-order valence-corrected chi connectivity index (χ1v) is 8.30. The third-order valence-corrected chi connectivity index (χ3v) is 4.45. The number of amides is 1. The molecule has 3 nitrogen and oxygen atoms in total. The molecule has 0 aliphatic carbocycles. The number of nitrogens with one attached hydrogen (secondary N) is 1. The van der Waals surface area contributed by atoms with Gasteiger partial charge in [0.15, 0.2) is 0 Å². The van der Waals surface area contributed by atoms with Crippen LogP contribution in [0.4, 0.5) is 0 Å². The molecule has 1 heterocycles. The Morgan fingerprint density at radius 1 is 1.29 bits per heavy atom. The molecule has 0 saturated carbocycles. The van der Waals surface area contributed by atoms with E-state index in [9.17, 15) is 4.79 Å². The number of rotatable bonds is 5. The Bertz CT molecular complexity index is 428. The topological polar surface area (TPSA) is 32.3 Å². The Hall–Kier alpha value is -1.35. The van der Waals surface area contributed by atoms with E-state index in [4.69, 9.17) is 0 Å². The smallest absolute Gasteiger partial charge is 0.225 e. The van der Waals surface area contributed by atoms with Crippen LogP contribution in [0.3, 0.4) is 0 Å². The lowest BCUT2D eigenvalue weighted by molar-refractivity contribution is -0.135. The van der Waals surface area contributed by atoms with Crippen molar-refractivity contribution >= 4 is 5.91 Å². The van der Waals surface area contributed by atoms with Crippen LogP contribution in [0.25, 0.3) is 0 Å². The average molecular weight is 288 g/mol. The second-order valence-corrected chi connectivity index (χ2v) is 5.99. The molecule has 21 heavy (non-hydrogen) atoms. The third-order valence-electron chi connectivity index (χ3n) is 4.45. The predicted octanol–water partition coefficient (Wildman–Crippen LogP) is 2.86. The summed E-state index contributed by atoms with van der Waals surface area (Å²) >= 11 is 0. The minimum atomic E-state index is 0.195. The van der Waals surface area contributed by atoms with Gasteiger partial charge in [-0.2, -0.15) is 0 Å². The van der Waals surface area contributed by atoms with Crippen LogP contribution in [0.1, 0.15) is 38.7 Å². The fraction of sp³-hybridized carbons (Fsp3) is 0.611. The van der Waals surface area contributed by atoms with E-state index in [2.05, 4.69) is 48.3 Å². The summed E-state index contributed by atoms with van der Waals surface area (Å²) in [4.78, 5) is 14.7. The summed E-state index contributed by atoms with van der Waals surface area (Å²) < 4.78 is 0. The van der Waals surface area contributed by atoms with E-state index in [1.165, 1.54) is 5.56 Å². The highest BCUT2D eigenvalue weighted by molar-refractivity contribution is 5.78. The number of nitrogens with zero attached hydrogens (tertiary/aromatic N) is 1. The van der Waals surface area contributed by atoms with Crippen molar-refractivity contribution in [1.82, 2.24) is 10.2 Å². The summed E-state index contributed by atoms with van der Waals surface area (Å²) in [5, 5.41) is 3.60. The molecule has 0 spiro atoms. The molecule has 0 aromatic heterocycles. The van der Waals surface area contributed by atoms with E-state index in [0.717, 1.165) is 45.3 Å². The molecule has 2 rings (SSSR count). The molecule has 1 aromatic carbocycles. The van der Waals surface area contributed by atoms with Crippen LogP contribution in [-0.4, -0.2) is 36.5 Å². The average Bonchev–Trinajstić information content (AvgIpc) is 2.75. The Labute approximate surface area is 128 Å². The van der Waals surface area contributed by atoms with Gasteiger partial charge in [0.05, 0.1) is 0 Å². The first kappa shape index (κ1) is 16.0. The Morgan fingerprint density at radius 2 is 2.00 bits per heavy atom. The maximum Gasteiger partial charge on any atom is 0.225 e. The summed E-state index contributed by atoms with van der Waals surface area (Å²) in [5.74, 6) is 0.544. The van der Waals surface area contributed by atoms with Crippen LogP contribution in [0.5, 0.6) is 0 Å². The van der Waals surface area contributed by atoms with Gasteiger partial charge in [-0.3, -0.25) is 4.79 Å². The molecule has 1 aliphatic rings. The minimum absolute atomic E-state index is 0.195. The molecule has 1 fully saturated rings. The molecule has 116 valence electrons. The molecule has 3 heteroatoms. The molecule has 1 aromatic rings. The lowest BCUT2D eigenvalue weighted by atomic mass is 10.0. The van der Waals surface area contributed by atoms with E-state index in [-0.39, 0.29) is 5.92 Å². The Balaban J connectivity index is 1.99. The monoisotopic (exact) mass is 288 g/mol. The van der Waals surface area contributed by atoms with E-state index in [0.29, 0.717) is 11.9 Å². The zero-order chi connectivity index (χ0) is 15.1. The van der Waals surface area contributed by atoms with Crippen molar-refractivity contribution in [2.75, 3.05) is 19.6 Å². The molecule has 1 aliphatic heterocycles. The SMILES string of the molecule is CCC(CC)C(=O)N1CCCNC(Cc2ccccc2)C1. The third kappa shape index (κ3) is 4.57. The molecule has 1 atom stereocenters. The molecule has 1 N–H and O–H groups in total. The van der Waals surface area contributed by atoms with Crippen molar-refractivity contribution in [3.8, 4) is 0 Å². The van der Waals surface area contributed by atoms with Gasteiger partial charge in [0.2, 0.25) is 5.91 Å².